The van der Waals surface area contributed by atoms with Gasteiger partial charge in [-0.15, -0.1) is 12.4 Å². The molecule has 1 aromatic heterocycles. The highest BCUT2D eigenvalue weighted by Crippen LogP contribution is 2.31. The summed E-state index contributed by atoms with van der Waals surface area (Å²) in [5, 5.41) is 7.51. The van der Waals surface area contributed by atoms with Crippen molar-refractivity contribution in [1.29, 1.82) is 0 Å². The summed E-state index contributed by atoms with van der Waals surface area (Å²) in [7, 11) is 2.09. The molecule has 3 heterocycles. The Morgan fingerprint density at radius 2 is 2.08 bits per heavy atom. The van der Waals surface area contributed by atoms with Crippen LogP contribution in [0.2, 0.25) is 0 Å². The lowest BCUT2D eigenvalue weighted by atomic mass is 10.1. The fourth-order valence-corrected chi connectivity index (χ4v) is 2.94. The number of fused-ring (bicyclic) bond motifs is 1. The maximum atomic E-state index is 5.61. The Morgan fingerprint density at radius 1 is 1.25 bits per heavy atom. The van der Waals surface area contributed by atoms with Gasteiger partial charge in [0, 0.05) is 19.6 Å². The number of aromatic nitrogens is 2. The molecule has 1 aromatic carbocycles. The van der Waals surface area contributed by atoms with E-state index in [1.165, 1.54) is 0 Å². The molecule has 1 atom stereocenters. The van der Waals surface area contributed by atoms with Gasteiger partial charge >= 0.3 is 0 Å². The summed E-state index contributed by atoms with van der Waals surface area (Å²) in [5.74, 6) is 2.94. The number of ether oxygens (including phenoxy) is 2. The number of likely N-dealkylation sites (N-methyl/N-ethyl adjacent to an activating group) is 1. The Balaban J connectivity index is 0.00000169. The summed E-state index contributed by atoms with van der Waals surface area (Å²) in [6, 6.07) is 6.08. The quantitative estimate of drug-likeness (QED) is 0.895. The Morgan fingerprint density at radius 3 is 2.92 bits per heavy atom. The highest BCUT2D eigenvalue weighted by molar-refractivity contribution is 5.85. The standard InChI is InChI=1S/C16H20N4O3.ClH/c1-20-5-4-17-10-12(20)16-18-15(23-19-16)9-11-2-3-13-14(8-11)22-7-6-21-13;/h2-3,8,12,17H,4-7,9-10H2,1H3;1H. The van der Waals surface area contributed by atoms with E-state index in [0.29, 0.717) is 25.5 Å². The highest BCUT2D eigenvalue weighted by atomic mass is 35.5. The number of hydrogen-bond donors (Lipinski definition) is 1. The lowest BCUT2D eigenvalue weighted by molar-refractivity contribution is 0.171. The number of hydrogen-bond acceptors (Lipinski definition) is 7. The zero-order valence-corrected chi connectivity index (χ0v) is 14.3. The van der Waals surface area contributed by atoms with Gasteiger partial charge in [-0.2, -0.15) is 4.98 Å². The molecule has 2 aliphatic heterocycles. The van der Waals surface area contributed by atoms with Crippen molar-refractivity contribution in [3.63, 3.8) is 0 Å². The molecule has 0 saturated carbocycles. The van der Waals surface area contributed by atoms with Crippen molar-refractivity contribution in [2.45, 2.75) is 12.5 Å². The lowest BCUT2D eigenvalue weighted by Crippen LogP contribution is -2.44. The molecule has 1 N–H and O–H groups in total. The summed E-state index contributed by atoms with van der Waals surface area (Å²) in [6.45, 7) is 4.01. The van der Waals surface area contributed by atoms with Gasteiger partial charge in [-0.1, -0.05) is 11.2 Å². The van der Waals surface area contributed by atoms with E-state index in [9.17, 15) is 0 Å². The zero-order valence-electron chi connectivity index (χ0n) is 13.5. The summed E-state index contributed by atoms with van der Waals surface area (Å²) < 4.78 is 16.6. The van der Waals surface area contributed by atoms with Crippen LogP contribution in [-0.4, -0.2) is 54.9 Å². The fraction of sp³-hybridized carbons (Fsp3) is 0.500. The van der Waals surface area contributed by atoms with Gasteiger partial charge in [0.15, 0.2) is 17.3 Å². The van der Waals surface area contributed by atoms with E-state index < -0.39 is 0 Å². The fourth-order valence-electron chi connectivity index (χ4n) is 2.94. The maximum absolute atomic E-state index is 5.61. The van der Waals surface area contributed by atoms with Crippen molar-refractivity contribution in [2.24, 2.45) is 0 Å². The summed E-state index contributed by atoms with van der Waals surface area (Å²) >= 11 is 0. The molecule has 8 heteroatoms. The largest absolute Gasteiger partial charge is 0.486 e. The third-order valence-electron chi connectivity index (χ3n) is 4.25. The minimum absolute atomic E-state index is 0. The van der Waals surface area contributed by atoms with E-state index in [1.807, 2.05) is 18.2 Å². The van der Waals surface area contributed by atoms with Gasteiger partial charge < -0.3 is 19.3 Å². The van der Waals surface area contributed by atoms with E-state index >= 15 is 0 Å². The summed E-state index contributed by atoms with van der Waals surface area (Å²) in [6.07, 6.45) is 0.591. The zero-order chi connectivity index (χ0) is 15.6. The van der Waals surface area contributed by atoms with Crippen molar-refractivity contribution < 1.29 is 14.0 Å². The van der Waals surface area contributed by atoms with Crippen LogP contribution in [0.25, 0.3) is 0 Å². The minimum Gasteiger partial charge on any atom is -0.486 e. The van der Waals surface area contributed by atoms with Crippen LogP contribution in [0.4, 0.5) is 0 Å². The predicted octanol–water partition coefficient (Wildman–Crippen LogP) is 1.43. The summed E-state index contributed by atoms with van der Waals surface area (Å²) in [4.78, 5) is 6.81. The first-order valence-corrected chi connectivity index (χ1v) is 7.91. The molecule has 0 aliphatic carbocycles. The molecule has 7 nitrogen and oxygen atoms in total. The normalized spacial score (nSPS) is 20.5. The average molecular weight is 353 g/mol. The molecule has 130 valence electrons. The van der Waals surface area contributed by atoms with Gasteiger partial charge in [0.05, 0.1) is 12.5 Å². The van der Waals surface area contributed by atoms with Crippen LogP contribution < -0.4 is 14.8 Å². The van der Waals surface area contributed by atoms with Crippen LogP contribution in [-0.2, 0) is 6.42 Å². The molecular weight excluding hydrogens is 332 g/mol. The maximum Gasteiger partial charge on any atom is 0.231 e. The minimum atomic E-state index is 0. The second-order valence-corrected chi connectivity index (χ2v) is 5.90. The van der Waals surface area contributed by atoms with Crippen LogP contribution in [0.15, 0.2) is 22.7 Å². The van der Waals surface area contributed by atoms with Crippen molar-refractivity contribution in [1.82, 2.24) is 20.4 Å². The van der Waals surface area contributed by atoms with Crippen molar-refractivity contribution in [3.05, 3.63) is 35.5 Å². The number of benzene rings is 1. The van der Waals surface area contributed by atoms with E-state index in [1.54, 1.807) is 0 Å². The topological polar surface area (TPSA) is 72.7 Å². The van der Waals surface area contributed by atoms with E-state index in [2.05, 4.69) is 27.4 Å². The molecule has 2 aliphatic rings. The van der Waals surface area contributed by atoms with Gasteiger partial charge in [0.1, 0.15) is 13.2 Å². The van der Waals surface area contributed by atoms with E-state index in [0.717, 1.165) is 42.5 Å². The second kappa shape index (κ2) is 7.38. The number of nitrogens with zero attached hydrogens (tertiary/aromatic N) is 3. The molecule has 2 aromatic rings. The molecule has 0 spiro atoms. The van der Waals surface area contributed by atoms with Crippen LogP contribution in [0.5, 0.6) is 11.5 Å². The molecule has 24 heavy (non-hydrogen) atoms. The molecule has 0 amide bonds. The van der Waals surface area contributed by atoms with Crippen LogP contribution in [0.1, 0.15) is 23.3 Å². The number of nitrogens with one attached hydrogen (secondary N) is 1. The first-order chi connectivity index (χ1) is 11.3. The molecule has 1 unspecified atom stereocenters. The van der Waals surface area contributed by atoms with E-state index in [4.69, 9.17) is 14.0 Å². The van der Waals surface area contributed by atoms with Crippen molar-refractivity contribution in [3.8, 4) is 11.5 Å². The molecule has 0 radical (unpaired) electrons. The SMILES string of the molecule is CN1CCNCC1c1noc(Cc2ccc3c(c2)OCCO3)n1.Cl. The number of rotatable bonds is 3. The molecule has 1 fully saturated rings. The Bertz CT molecular complexity index is 694. The number of halogens is 1. The van der Waals surface area contributed by atoms with Gasteiger partial charge in [-0.25, -0.2) is 0 Å². The predicted molar refractivity (Wildman–Crippen MR) is 90.0 cm³/mol. The van der Waals surface area contributed by atoms with Crippen molar-refractivity contribution in [2.75, 3.05) is 39.9 Å². The first kappa shape index (κ1) is 17.0. The average Bonchev–Trinajstić information content (AvgIpc) is 3.03. The Labute approximate surface area is 146 Å². The van der Waals surface area contributed by atoms with Gasteiger partial charge in [0.25, 0.3) is 0 Å². The molecule has 1 saturated heterocycles. The van der Waals surface area contributed by atoms with E-state index in [-0.39, 0.29) is 18.4 Å². The highest BCUT2D eigenvalue weighted by Gasteiger charge is 2.25. The molecule has 0 bridgehead atoms. The first-order valence-electron chi connectivity index (χ1n) is 7.91. The lowest BCUT2D eigenvalue weighted by Gasteiger charge is -2.30. The summed E-state index contributed by atoms with van der Waals surface area (Å²) in [5.41, 5.74) is 1.07. The number of piperazine rings is 1. The van der Waals surface area contributed by atoms with Gasteiger partial charge in [-0.05, 0) is 24.7 Å². The second-order valence-electron chi connectivity index (χ2n) is 5.90. The smallest absolute Gasteiger partial charge is 0.231 e. The Hall–Kier alpha value is -1.83. The van der Waals surface area contributed by atoms with Gasteiger partial charge in [0.2, 0.25) is 5.89 Å². The molecule has 4 rings (SSSR count). The third kappa shape index (κ3) is 3.48. The Kier molecular flexibility index (Phi) is 5.23. The monoisotopic (exact) mass is 352 g/mol. The van der Waals surface area contributed by atoms with Crippen LogP contribution in [0.3, 0.4) is 0 Å². The third-order valence-corrected chi connectivity index (χ3v) is 4.25. The van der Waals surface area contributed by atoms with Crippen LogP contribution in [0, 0.1) is 0 Å². The van der Waals surface area contributed by atoms with Gasteiger partial charge in [-0.3, -0.25) is 4.90 Å². The van der Waals surface area contributed by atoms with Crippen LogP contribution >= 0.6 is 12.4 Å². The molecular formula is C16H21ClN4O3. The van der Waals surface area contributed by atoms with Crippen molar-refractivity contribution >= 4 is 12.4 Å².